The van der Waals surface area contributed by atoms with Crippen LogP contribution < -0.4 is 0 Å². The molecule has 5 heteroatoms. The number of nitrogens with one attached hydrogen (secondary N) is 1. The number of carboxylic acids is 1. The van der Waals surface area contributed by atoms with Crippen LogP contribution >= 0.6 is 0 Å². The molecule has 1 aromatic carbocycles. The Morgan fingerprint density at radius 2 is 2.29 bits per heavy atom. The fourth-order valence-electron chi connectivity index (χ4n) is 1.36. The predicted molar refractivity (Wildman–Crippen MR) is 49.0 cm³/mol. The zero-order chi connectivity index (χ0) is 10.1. The minimum atomic E-state index is -1.06. The van der Waals surface area contributed by atoms with Crippen LogP contribution in [-0.2, 0) is 6.61 Å². The van der Waals surface area contributed by atoms with E-state index >= 15 is 0 Å². The Balaban J connectivity index is 2.72. The van der Waals surface area contributed by atoms with Gasteiger partial charge < -0.3 is 15.2 Å². The van der Waals surface area contributed by atoms with Crippen molar-refractivity contribution in [3.05, 3.63) is 29.6 Å². The van der Waals surface area contributed by atoms with Crippen molar-refractivity contribution in [1.29, 1.82) is 0 Å². The van der Waals surface area contributed by atoms with E-state index in [1.807, 2.05) is 0 Å². The molecule has 0 aliphatic heterocycles. The number of imidazole rings is 1. The number of aromatic amines is 1. The van der Waals surface area contributed by atoms with E-state index in [9.17, 15) is 4.79 Å². The Bertz CT molecular complexity index is 490. The summed E-state index contributed by atoms with van der Waals surface area (Å²) in [5.74, 6) is -1.06. The molecule has 0 radical (unpaired) electrons. The largest absolute Gasteiger partial charge is 0.478 e. The van der Waals surface area contributed by atoms with E-state index in [-0.39, 0.29) is 12.2 Å². The van der Waals surface area contributed by atoms with Gasteiger partial charge in [-0.05, 0) is 17.7 Å². The van der Waals surface area contributed by atoms with Gasteiger partial charge in [-0.25, -0.2) is 9.78 Å². The maximum Gasteiger partial charge on any atom is 0.336 e. The number of hydrogen-bond acceptors (Lipinski definition) is 3. The van der Waals surface area contributed by atoms with Crippen LogP contribution in [0.5, 0.6) is 0 Å². The summed E-state index contributed by atoms with van der Waals surface area (Å²) in [5.41, 5.74) is 1.78. The second-order valence-corrected chi connectivity index (χ2v) is 2.89. The second-order valence-electron chi connectivity index (χ2n) is 2.89. The van der Waals surface area contributed by atoms with Crippen LogP contribution in [0.4, 0.5) is 0 Å². The third-order valence-corrected chi connectivity index (χ3v) is 2.05. The molecule has 0 saturated carbocycles. The molecule has 0 aliphatic carbocycles. The summed E-state index contributed by atoms with van der Waals surface area (Å²) in [7, 11) is 0. The molecule has 0 bridgehead atoms. The van der Waals surface area contributed by atoms with E-state index < -0.39 is 5.97 Å². The monoisotopic (exact) mass is 192 g/mol. The molecule has 0 amide bonds. The molecule has 1 heterocycles. The van der Waals surface area contributed by atoms with Crippen LogP contribution in [0, 0.1) is 0 Å². The van der Waals surface area contributed by atoms with Gasteiger partial charge in [0.05, 0.1) is 29.5 Å². The highest BCUT2D eigenvalue weighted by atomic mass is 16.4. The molecule has 0 unspecified atom stereocenters. The lowest BCUT2D eigenvalue weighted by atomic mass is 10.1. The quantitative estimate of drug-likeness (QED) is 0.655. The Morgan fingerprint density at radius 1 is 1.50 bits per heavy atom. The Labute approximate surface area is 79.0 Å². The third kappa shape index (κ3) is 1.23. The molecule has 2 rings (SSSR count). The van der Waals surface area contributed by atoms with Crippen molar-refractivity contribution < 1.29 is 15.0 Å². The van der Waals surface area contributed by atoms with E-state index in [0.717, 1.165) is 5.52 Å². The Kier molecular flexibility index (Phi) is 1.94. The van der Waals surface area contributed by atoms with Crippen molar-refractivity contribution in [2.75, 3.05) is 0 Å². The molecule has 1 aromatic heterocycles. The molecule has 0 saturated heterocycles. The van der Waals surface area contributed by atoms with Gasteiger partial charge in [-0.1, -0.05) is 0 Å². The van der Waals surface area contributed by atoms with Gasteiger partial charge in [-0.2, -0.15) is 0 Å². The van der Waals surface area contributed by atoms with Crippen molar-refractivity contribution in [1.82, 2.24) is 9.97 Å². The minimum absolute atomic E-state index is 0.0899. The smallest absolute Gasteiger partial charge is 0.336 e. The van der Waals surface area contributed by atoms with Gasteiger partial charge in [0.15, 0.2) is 0 Å². The maximum absolute atomic E-state index is 10.8. The first-order valence-electron chi connectivity index (χ1n) is 4.02. The number of carbonyl (C=O) groups is 1. The molecule has 2 aromatic rings. The van der Waals surface area contributed by atoms with E-state index in [1.54, 1.807) is 6.07 Å². The second kappa shape index (κ2) is 3.12. The van der Waals surface area contributed by atoms with Crippen molar-refractivity contribution >= 4 is 17.0 Å². The standard InChI is InChI=1S/C9H8N2O3/c12-3-5-1-7-8(11-4-10-7)2-6(5)9(13)14/h1-2,4,12H,3H2,(H,10,11)(H,13,14). The zero-order valence-corrected chi connectivity index (χ0v) is 7.19. The van der Waals surface area contributed by atoms with Gasteiger partial charge in [0.1, 0.15) is 0 Å². The number of H-pyrrole nitrogens is 1. The summed E-state index contributed by atoms with van der Waals surface area (Å²) in [4.78, 5) is 17.6. The van der Waals surface area contributed by atoms with Crippen molar-refractivity contribution in [3.63, 3.8) is 0 Å². The predicted octanol–water partition coefficient (Wildman–Crippen LogP) is 0.753. The van der Waals surface area contributed by atoms with E-state index in [4.69, 9.17) is 10.2 Å². The summed E-state index contributed by atoms with van der Waals surface area (Å²) < 4.78 is 0. The third-order valence-electron chi connectivity index (χ3n) is 2.05. The number of aromatic nitrogens is 2. The summed E-state index contributed by atoms with van der Waals surface area (Å²) in [6.45, 7) is -0.295. The minimum Gasteiger partial charge on any atom is -0.478 e. The topological polar surface area (TPSA) is 86.2 Å². The van der Waals surface area contributed by atoms with Gasteiger partial charge in [-0.3, -0.25) is 0 Å². The molecule has 3 N–H and O–H groups in total. The SMILES string of the molecule is O=C(O)c1cc2nc[nH]c2cc1CO. The number of hydrogen-bond donors (Lipinski definition) is 3. The molecule has 5 nitrogen and oxygen atoms in total. The molecule has 14 heavy (non-hydrogen) atoms. The summed E-state index contributed by atoms with van der Waals surface area (Å²) >= 11 is 0. The van der Waals surface area contributed by atoms with E-state index in [1.165, 1.54) is 12.4 Å². The number of aliphatic hydroxyl groups is 1. The van der Waals surface area contributed by atoms with Crippen LogP contribution in [0.1, 0.15) is 15.9 Å². The van der Waals surface area contributed by atoms with Crippen molar-refractivity contribution in [3.8, 4) is 0 Å². The summed E-state index contributed by atoms with van der Waals surface area (Å²) in [6, 6.07) is 3.03. The summed E-state index contributed by atoms with van der Waals surface area (Å²) in [6.07, 6.45) is 1.48. The lowest BCUT2D eigenvalue weighted by Crippen LogP contribution is -2.02. The van der Waals surface area contributed by atoms with Crippen LogP contribution in [0.25, 0.3) is 11.0 Å². The van der Waals surface area contributed by atoms with Gasteiger partial charge in [0.25, 0.3) is 0 Å². The first kappa shape index (κ1) is 8.71. The number of fused-ring (bicyclic) bond motifs is 1. The van der Waals surface area contributed by atoms with Gasteiger partial charge >= 0.3 is 5.97 Å². The molecule has 72 valence electrons. The molecule has 0 atom stereocenters. The highest BCUT2D eigenvalue weighted by Crippen LogP contribution is 2.17. The number of aliphatic hydroxyl groups excluding tert-OH is 1. The number of nitrogens with zero attached hydrogens (tertiary/aromatic N) is 1. The van der Waals surface area contributed by atoms with Crippen LogP contribution in [0.3, 0.4) is 0 Å². The van der Waals surface area contributed by atoms with Crippen molar-refractivity contribution in [2.45, 2.75) is 6.61 Å². The Hall–Kier alpha value is -1.88. The number of benzene rings is 1. The van der Waals surface area contributed by atoms with Crippen molar-refractivity contribution in [2.24, 2.45) is 0 Å². The van der Waals surface area contributed by atoms with E-state index in [0.29, 0.717) is 11.1 Å². The van der Waals surface area contributed by atoms with Gasteiger partial charge in [0, 0.05) is 0 Å². The van der Waals surface area contributed by atoms with Crippen LogP contribution in [0.2, 0.25) is 0 Å². The molecular weight excluding hydrogens is 184 g/mol. The molecular formula is C9H8N2O3. The lowest BCUT2D eigenvalue weighted by molar-refractivity contribution is 0.0693. The lowest BCUT2D eigenvalue weighted by Gasteiger charge is -2.01. The molecule has 0 spiro atoms. The first-order chi connectivity index (χ1) is 6.72. The molecule has 0 fully saturated rings. The van der Waals surface area contributed by atoms with Crippen LogP contribution in [0.15, 0.2) is 18.5 Å². The average molecular weight is 192 g/mol. The molecule has 0 aliphatic rings. The zero-order valence-electron chi connectivity index (χ0n) is 7.19. The summed E-state index contributed by atoms with van der Waals surface area (Å²) in [5, 5.41) is 17.8. The number of carboxylic acid groups (broad SMARTS) is 1. The van der Waals surface area contributed by atoms with E-state index in [2.05, 4.69) is 9.97 Å². The number of aromatic carboxylic acids is 1. The van der Waals surface area contributed by atoms with Crippen LogP contribution in [-0.4, -0.2) is 26.2 Å². The first-order valence-corrected chi connectivity index (χ1v) is 4.02. The fourth-order valence-corrected chi connectivity index (χ4v) is 1.36. The highest BCUT2D eigenvalue weighted by molar-refractivity contribution is 5.94. The average Bonchev–Trinajstić information content (AvgIpc) is 2.62. The highest BCUT2D eigenvalue weighted by Gasteiger charge is 2.11. The maximum atomic E-state index is 10.8. The van der Waals surface area contributed by atoms with Gasteiger partial charge in [0.2, 0.25) is 0 Å². The number of rotatable bonds is 2. The Morgan fingerprint density at radius 3 is 2.93 bits per heavy atom. The van der Waals surface area contributed by atoms with Gasteiger partial charge in [-0.15, -0.1) is 0 Å². The fraction of sp³-hybridized carbons (Fsp3) is 0.111. The normalized spacial score (nSPS) is 10.6.